The van der Waals surface area contributed by atoms with E-state index in [1.807, 2.05) is 19.1 Å². The van der Waals surface area contributed by atoms with E-state index in [4.69, 9.17) is 4.74 Å². The Morgan fingerprint density at radius 2 is 1.89 bits per heavy atom. The van der Waals surface area contributed by atoms with Gasteiger partial charge in [0.05, 0.1) is 17.6 Å². The van der Waals surface area contributed by atoms with Gasteiger partial charge in [-0.3, -0.25) is 9.59 Å². The van der Waals surface area contributed by atoms with Crippen LogP contribution in [-0.4, -0.2) is 44.9 Å². The highest BCUT2D eigenvalue weighted by Crippen LogP contribution is 2.54. The van der Waals surface area contributed by atoms with E-state index in [2.05, 4.69) is 11.9 Å². The summed E-state index contributed by atoms with van der Waals surface area (Å²) in [6.45, 7) is 5.82. The quantitative estimate of drug-likeness (QED) is 0.374. The molecular formula is C28H35NO6. The van der Waals surface area contributed by atoms with E-state index in [9.17, 15) is 24.9 Å². The summed E-state index contributed by atoms with van der Waals surface area (Å²) in [6.07, 6.45) is 7.13. The zero-order valence-corrected chi connectivity index (χ0v) is 20.7. The van der Waals surface area contributed by atoms with Crippen molar-refractivity contribution in [1.82, 2.24) is 4.98 Å². The second kappa shape index (κ2) is 9.63. The van der Waals surface area contributed by atoms with Gasteiger partial charge >= 0.3 is 0 Å². The monoisotopic (exact) mass is 481 g/mol. The van der Waals surface area contributed by atoms with Crippen molar-refractivity contribution in [3.63, 3.8) is 0 Å². The first kappa shape index (κ1) is 25.2. The molecule has 0 bridgehead atoms. The average molecular weight is 482 g/mol. The van der Waals surface area contributed by atoms with Crippen LogP contribution in [-0.2, 0) is 4.74 Å². The number of rotatable bonds is 5. The number of benzene rings is 1. The average Bonchev–Trinajstić information content (AvgIpc) is 2.81. The fourth-order valence-corrected chi connectivity index (χ4v) is 6.58. The smallest absolute Gasteiger partial charge is 0.262 e. The summed E-state index contributed by atoms with van der Waals surface area (Å²) in [5.74, 6) is -1.53. The fraction of sp³-hybridized carbons (Fsp3) is 0.500. The van der Waals surface area contributed by atoms with Gasteiger partial charge < -0.3 is 25.0 Å². The van der Waals surface area contributed by atoms with Crippen molar-refractivity contribution in [3.05, 3.63) is 58.5 Å². The number of carbonyl (C=O) groups is 1. The number of hydrogen-bond donors (Lipinski definition) is 4. The predicted molar refractivity (Wildman–Crippen MR) is 133 cm³/mol. The molecule has 7 unspecified atom stereocenters. The third kappa shape index (κ3) is 4.32. The summed E-state index contributed by atoms with van der Waals surface area (Å²) < 4.78 is 5.80. The summed E-state index contributed by atoms with van der Waals surface area (Å²) in [5.41, 5.74) is -1.49. The van der Waals surface area contributed by atoms with Crippen LogP contribution in [0.4, 0.5) is 0 Å². The number of phenolic OH excluding ortho intramolecular Hbond substituents is 1. The van der Waals surface area contributed by atoms with Crippen molar-refractivity contribution >= 4 is 5.78 Å². The van der Waals surface area contributed by atoms with Gasteiger partial charge in [0.2, 0.25) is 0 Å². The van der Waals surface area contributed by atoms with Crippen LogP contribution in [0.5, 0.6) is 11.5 Å². The van der Waals surface area contributed by atoms with Crippen molar-refractivity contribution in [3.8, 4) is 22.6 Å². The zero-order valence-electron chi connectivity index (χ0n) is 20.7. The SMILES string of the molecule is CC=CC1C2CC(C)CCC2C(C)(O)C(OC)C1C(=O)c1c(O)c(-c2ccc(O)cc2)c[nH]c1=O. The fourth-order valence-electron chi connectivity index (χ4n) is 6.58. The van der Waals surface area contributed by atoms with E-state index in [0.717, 1.165) is 19.3 Å². The molecule has 7 heteroatoms. The molecule has 2 saturated carbocycles. The normalized spacial score (nSPS) is 32.9. The number of pyridine rings is 1. The number of ketones is 1. The van der Waals surface area contributed by atoms with Gasteiger partial charge in [0.1, 0.15) is 17.1 Å². The molecule has 4 N–H and O–H groups in total. The molecule has 0 spiro atoms. The number of methoxy groups -OCH3 is 1. The number of aliphatic hydroxyl groups is 1. The standard InChI is InChI=1S/C28H35NO6/c1-5-6-18-19-13-15(2)7-12-21(19)28(3,34)26(35-4)22(18)25(32)23-24(31)20(14-29-27(23)33)16-8-10-17(30)11-9-16/h5-6,8-11,14-15,18-19,21-22,26,30,34H,7,12-13H2,1-4H3,(H2,29,31,33). The number of ether oxygens (including phenoxy) is 1. The maximum Gasteiger partial charge on any atom is 0.262 e. The number of allylic oxidation sites excluding steroid dienone is 2. The minimum atomic E-state index is -1.27. The van der Waals surface area contributed by atoms with Gasteiger partial charge in [0.25, 0.3) is 5.56 Å². The molecule has 188 valence electrons. The summed E-state index contributed by atoms with van der Waals surface area (Å²) in [7, 11) is 1.48. The van der Waals surface area contributed by atoms with Gasteiger partial charge in [-0.25, -0.2) is 0 Å². The van der Waals surface area contributed by atoms with E-state index in [0.29, 0.717) is 11.5 Å². The predicted octanol–water partition coefficient (Wildman–Crippen LogP) is 4.28. The second-order valence-electron chi connectivity index (χ2n) is 10.4. The number of hydrogen-bond acceptors (Lipinski definition) is 6. The molecule has 7 atom stereocenters. The van der Waals surface area contributed by atoms with Crippen LogP contribution in [0.15, 0.2) is 47.4 Å². The Labute approximate surface area is 205 Å². The summed E-state index contributed by atoms with van der Waals surface area (Å²) in [6, 6.07) is 6.12. The molecular weight excluding hydrogens is 446 g/mol. The first-order chi connectivity index (χ1) is 16.6. The minimum Gasteiger partial charge on any atom is -0.508 e. The number of fused-ring (bicyclic) bond motifs is 1. The maximum atomic E-state index is 14.1. The van der Waals surface area contributed by atoms with Gasteiger partial charge in [-0.15, -0.1) is 0 Å². The number of nitrogens with one attached hydrogen (secondary N) is 1. The van der Waals surface area contributed by atoms with Crippen LogP contribution >= 0.6 is 0 Å². The number of carbonyl (C=O) groups excluding carboxylic acids is 1. The Balaban J connectivity index is 1.85. The molecule has 1 aromatic heterocycles. The van der Waals surface area contributed by atoms with Crippen molar-refractivity contribution in [2.75, 3.05) is 7.11 Å². The highest BCUT2D eigenvalue weighted by Gasteiger charge is 2.59. The van der Waals surface area contributed by atoms with E-state index in [1.54, 1.807) is 19.1 Å². The molecule has 35 heavy (non-hydrogen) atoms. The van der Waals surface area contributed by atoms with E-state index in [1.165, 1.54) is 25.4 Å². The Morgan fingerprint density at radius 3 is 2.51 bits per heavy atom. The van der Waals surface area contributed by atoms with Crippen LogP contribution in [0.2, 0.25) is 0 Å². The van der Waals surface area contributed by atoms with Crippen molar-refractivity contribution in [2.24, 2.45) is 29.6 Å². The lowest BCUT2D eigenvalue weighted by atomic mass is 9.52. The van der Waals surface area contributed by atoms with Crippen molar-refractivity contribution in [1.29, 1.82) is 0 Å². The molecule has 7 nitrogen and oxygen atoms in total. The third-order valence-electron chi connectivity index (χ3n) is 8.19. The lowest BCUT2D eigenvalue weighted by Gasteiger charge is -2.56. The van der Waals surface area contributed by atoms with E-state index in [-0.39, 0.29) is 34.6 Å². The van der Waals surface area contributed by atoms with Crippen molar-refractivity contribution in [2.45, 2.75) is 51.7 Å². The number of aromatic amines is 1. The van der Waals surface area contributed by atoms with E-state index < -0.39 is 34.7 Å². The number of aromatic hydroxyl groups is 2. The molecule has 1 heterocycles. The van der Waals surface area contributed by atoms with Crippen LogP contribution < -0.4 is 5.56 Å². The molecule has 2 fully saturated rings. The maximum absolute atomic E-state index is 14.1. The lowest BCUT2D eigenvalue weighted by molar-refractivity contribution is -0.193. The molecule has 0 saturated heterocycles. The van der Waals surface area contributed by atoms with Crippen LogP contribution in [0.3, 0.4) is 0 Å². The molecule has 2 aliphatic rings. The number of Topliss-reactive ketones (excluding diaryl/α,β-unsaturated/α-hetero) is 1. The van der Waals surface area contributed by atoms with Crippen LogP contribution in [0.1, 0.15) is 50.4 Å². The molecule has 1 aromatic carbocycles. The van der Waals surface area contributed by atoms with Gasteiger partial charge in [-0.2, -0.15) is 0 Å². The van der Waals surface area contributed by atoms with E-state index >= 15 is 0 Å². The van der Waals surface area contributed by atoms with Gasteiger partial charge in [-0.1, -0.05) is 37.6 Å². The first-order valence-corrected chi connectivity index (χ1v) is 12.3. The number of aromatic nitrogens is 1. The molecule has 0 aliphatic heterocycles. The Hall–Kier alpha value is -2.90. The topological polar surface area (TPSA) is 120 Å². The summed E-state index contributed by atoms with van der Waals surface area (Å²) >= 11 is 0. The highest BCUT2D eigenvalue weighted by atomic mass is 16.5. The Kier molecular flexibility index (Phi) is 6.93. The van der Waals surface area contributed by atoms with Crippen LogP contribution in [0.25, 0.3) is 11.1 Å². The zero-order chi connectivity index (χ0) is 25.5. The minimum absolute atomic E-state index is 0.0379. The Morgan fingerprint density at radius 1 is 1.20 bits per heavy atom. The lowest BCUT2D eigenvalue weighted by Crippen LogP contribution is -2.63. The summed E-state index contributed by atoms with van der Waals surface area (Å²) in [5, 5.41) is 32.5. The van der Waals surface area contributed by atoms with Gasteiger partial charge in [-0.05, 0) is 68.1 Å². The molecule has 4 rings (SSSR count). The first-order valence-electron chi connectivity index (χ1n) is 12.3. The van der Waals surface area contributed by atoms with Crippen LogP contribution in [0, 0.1) is 29.6 Å². The largest absolute Gasteiger partial charge is 0.508 e. The molecule has 2 aliphatic carbocycles. The molecule has 0 radical (unpaired) electrons. The second-order valence-corrected chi connectivity index (χ2v) is 10.4. The molecule has 0 amide bonds. The number of H-pyrrole nitrogens is 1. The van der Waals surface area contributed by atoms with Gasteiger partial charge in [0, 0.05) is 18.9 Å². The number of phenols is 1. The van der Waals surface area contributed by atoms with Gasteiger partial charge in [0.15, 0.2) is 5.78 Å². The van der Waals surface area contributed by atoms with Crippen molar-refractivity contribution < 1.29 is 24.9 Å². The molecule has 2 aromatic rings. The third-order valence-corrected chi connectivity index (χ3v) is 8.19. The highest BCUT2D eigenvalue weighted by molar-refractivity contribution is 6.02. The summed E-state index contributed by atoms with van der Waals surface area (Å²) in [4.78, 5) is 29.6. The Bertz CT molecular complexity index is 1160.